The van der Waals surface area contributed by atoms with Crippen molar-refractivity contribution in [2.75, 3.05) is 0 Å². The molecule has 0 amide bonds. The van der Waals surface area contributed by atoms with Crippen LogP contribution in [0.5, 0.6) is 0 Å². The van der Waals surface area contributed by atoms with Crippen LogP contribution in [-0.4, -0.2) is 29.6 Å². The molecule has 0 aromatic heterocycles. The fraction of sp³-hybridized carbons (Fsp3) is 0.846. The molecule has 0 aliphatic rings. The normalized spacial score (nSPS) is 9.50. The average Bonchev–Trinajstić information content (AvgIpc) is 2.16. The average molecular weight is 205 g/mol. The Balaban J connectivity index is 0. The van der Waals surface area contributed by atoms with Crippen molar-refractivity contribution in [3.8, 4) is 0 Å². The molecule has 0 fully saturated rings. The van der Waals surface area contributed by atoms with E-state index in [9.17, 15) is 0 Å². The van der Waals surface area contributed by atoms with Crippen LogP contribution in [0, 0.1) is 0 Å². The minimum atomic E-state index is 0. The topological polar surface area (TPSA) is 0 Å². The molecule has 14 heavy (non-hydrogen) atoms. The largest absolute Gasteiger partial charge is 0.103 e. The first-order chi connectivity index (χ1) is 6.41. The summed E-state index contributed by atoms with van der Waals surface area (Å²) in [5.41, 5.74) is 0. The summed E-state index contributed by atoms with van der Waals surface area (Å²) in [5.74, 6) is 0. The maximum Gasteiger partial charge on any atom is 0 e. The Morgan fingerprint density at radius 2 is 1.21 bits per heavy atom. The minimum Gasteiger partial charge on any atom is -0.103 e. The van der Waals surface area contributed by atoms with Gasteiger partial charge in [-0.1, -0.05) is 64.4 Å². The van der Waals surface area contributed by atoms with Gasteiger partial charge in [-0.3, -0.25) is 0 Å². The van der Waals surface area contributed by atoms with Gasteiger partial charge in [-0.15, -0.1) is 6.58 Å². The molecule has 0 unspecified atom stereocenters. The SMILES string of the molecule is C=CCCCCCCCCCCC.[Na]. The van der Waals surface area contributed by atoms with E-state index in [1.165, 1.54) is 64.2 Å². The summed E-state index contributed by atoms with van der Waals surface area (Å²) in [6, 6.07) is 0. The van der Waals surface area contributed by atoms with Crippen LogP contribution in [0.4, 0.5) is 0 Å². The predicted molar refractivity (Wildman–Crippen MR) is 67.8 cm³/mol. The standard InChI is InChI=1S/C13H26.Na/c1-3-5-7-9-11-13-12-10-8-6-4-2;/h3H,1,4-13H2,2H3;. The third kappa shape index (κ3) is 15.2. The van der Waals surface area contributed by atoms with Gasteiger partial charge in [0.25, 0.3) is 0 Å². The summed E-state index contributed by atoms with van der Waals surface area (Å²) in [4.78, 5) is 0. The second kappa shape index (κ2) is 16.2. The Kier molecular flexibility index (Phi) is 19.8. The first kappa shape index (κ1) is 17.1. The van der Waals surface area contributed by atoms with Gasteiger partial charge in [0, 0.05) is 29.6 Å². The van der Waals surface area contributed by atoms with E-state index < -0.39 is 0 Å². The van der Waals surface area contributed by atoms with E-state index in [1.54, 1.807) is 0 Å². The molecule has 0 bridgehead atoms. The number of allylic oxidation sites excluding steroid dienone is 1. The van der Waals surface area contributed by atoms with Crippen LogP contribution < -0.4 is 0 Å². The second-order valence-corrected chi connectivity index (χ2v) is 3.91. The van der Waals surface area contributed by atoms with E-state index >= 15 is 0 Å². The van der Waals surface area contributed by atoms with Crippen molar-refractivity contribution in [1.82, 2.24) is 0 Å². The fourth-order valence-corrected chi connectivity index (χ4v) is 1.60. The van der Waals surface area contributed by atoms with Crippen LogP contribution in [0.1, 0.15) is 71.1 Å². The smallest absolute Gasteiger partial charge is 0 e. The fourth-order valence-electron chi connectivity index (χ4n) is 1.60. The van der Waals surface area contributed by atoms with Crippen molar-refractivity contribution in [3.05, 3.63) is 12.7 Å². The molecule has 0 atom stereocenters. The van der Waals surface area contributed by atoms with E-state index in [2.05, 4.69) is 13.5 Å². The Morgan fingerprint density at radius 3 is 1.64 bits per heavy atom. The maximum absolute atomic E-state index is 3.73. The van der Waals surface area contributed by atoms with Crippen molar-refractivity contribution >= 4 is 29.6 Å². The number of hydrogen-bond donors (Lipinski definition) is 0. The van der Waals surface area contributed by atoms with Gasteiger partial charge in [-0.05, 0) is 12.8 Å². The zero-order valence-corrected chi connectivity index (χ0v) is 12.4. The van der Waals surface area contributed by atoms with Gasteiger partial charge in [0.1, 0.15) is 0 Å². The summed E-state index contributed by atoms with van der Waals surface area (Å²) < 4.78 is 0. The molecule has 0 saturated heterocycles. The summed E-state index contributed by atoms with van der Waals surface area (Å²) in [6.07, 6.45) is 16.0. The van der Waals surface area contributed by atoms with Crippen LogP contribution in [0.15, 0.2) is 12.7 Å². The van der Waals surface area contributed by atoms with Gasteiger partial charge in [-0.2, -0.15) is 0 Å². The van der Waals surface area contributed by atoms with Crippen LogP contribution in [0.2, 0.25) is 0 Å². The summed E-state index contributed by atoms with van der Waals surface area (Å²) >= 11 is 0. The summed E-state index contributed by atoms with van der Waals surface area (Å²) in [5, 5.41) is 0. The minimum absolute atomic E-state index is 0. The Bertz CT molecular complexity index is 99.4. The van der Waals surface area contributed by atoms with Crippen LogP contribution in [-0.2, 0) is 0 Å². The molecule has 1 radical (unpaired) electrons. The molecule has 79 valence electrons. The van der Waals surface area contributed by atoms with Crippen LogP contribution >= 0.6 is 0 Å². The molecule has 0 nitrogen and oxygen atoms in total. The van der Waals surface area contributed by atoms with E-state index in [1.807, 2.05) is 6.08 Å². The number of unbranched alkanes of at least 4 members (excludes halogenated alkanes) is 9. The summed E-state index contributed by atoms with van der Waals surface area (Å²) in [6.45, 7) is 6.00. The second-order valence-electron chi connectivity index (χ2n) is 3.91. The van der Waals surface area contributed by atoms with Gasteiger partial charge in [0.05, 0.1) is 0 Å². The zero-order valence-electron chi connectivity index (χ0n) is 10.4. The molecular weight excluding hydrogens is 179 g/mol. The van der Waals surface area contributed by atoms with E-state index in [4.69, 9.17) is 0 Å². The molecule has 0 aliphatic carbocycles. The summed E-state index contributed by atoms with van der Waals surface area (Å²) in [7, 11) is 0. The molecule has 0 aromatic carbocycles. The molecule has 0 rings (SSSR count). The predicted octanol–water partition coefficient (Wildman–Crippen LogP) is 4.71. The Labute approximate surface area is 113 Å². The number of hydrogen-bond acceptors (Lipinski definition) is 0. The molecule has 0 saturated carbocycles. The monoisotopic (exact) mass is 205 g/mol. The van der Waals surface area contributed by atoms with Crippen LogP contribution in [0.3, 0.4) is 0 Å². The first-order valence-corrected chi connectivity index (χ1v) is 6.02. The molecular formula is C13H26Na. The van der Waals surface area contributed by atoms with Gasteiger partial charge < -0.3 is 0 Å². The zero-order chi connectivity index (χ0) is 9.78. The Morgan fingerprint density at radius 1 is 0.786 bits per heavy atom. The quantitative estimate of drug-likeness (QED) is 0.275. The van der Waals surface area contributed by atoms with E-state index in [0.717, 1.165) is 0 Å². The number of rotatable bonds is 10. The molecule has 1 heteroatoms. The van der Waals surface area contributed by atoms with E-state index in [-0.39, 0.29) is 29.6 Å². The van der Waals surface area contributed by atoms with Crippen molar-refractivity contribution in [2.24, 2.45) is 0 Å². The molecule has 0 aliphatic heterocycles. The van der Waals surface area contributed by atoms with Gasteiger partial charge in [0.15, 0.2) is 0 Å². The molecule has 0 aromatic rings. The maximum atomic E-state index is 3.73. The van der Waals surface area contributed by atoms with Gasteiger partial charge >= 0.3 is 0 Å². The molecule has 0 spiro atoms. The third-order valence-electron chi connectivity index (χ3n) is 2.51. The molecule has 0 heterocycles. The van der Waals surface area contributed by atoms with Crippen molar-refractivity contribution < 1.29 is 0 Å². The van der Waals surface area contributed by atoms with Crippen LogP contribution in [0.25, 0.3) is 0 Å². The van der Waals surface area contributed by atoms with Crippen molar-refractivity contribution in [3.63, 3.8) is 0 Å². The van der Waals surface area contributed by atoms with Gasteiger partial charge in [-0.25, -0.2) is 0 Å². The van der Waals surface area contributed by atoms with Gasteiger partial charge in [0.2, 0.25) is 0 Å². The van der Waals surface area contributed by atoms with E-state index in [0.29, 0.717) is 0 Å². The van der Waals surface area contributed by atoms with Crippen molar-refractivity contribution in [1.29, 1.82) is 0 Å². The Hall–Kier alpha value is 0.740. The third-order valence-corrected chi connectivity index (χ3v) is 2.51. The molecule has 0 N–H and O–H groups in total. The van der Waals surface area contributed by atoms with Crippen molar-refractivity contribution in [2.45, 2.75) is 71.1 Å². The first-order valence-electron chi connectivity index (χ1n) is 6.02.